The molecule has 0 unspecified atom stereocenters. The first-order valence-corrected chi connectivity index (χ1v) is 8.16. The van der Waals surface area contributed by atoms with Crippen molar-refractivity contribution < 1.29 is 22.8 Å². The van der Waals surface area contributed by atoms with Crippen LogP contribution >= 0.6 is 0 Å². The highest BCUT2D eigenvalue weighted by Crippen LogP contribution is 2.32. The van der Waals surface area contributed by atoms with Crippen molar-refractivity contribution in [3.05, 3.63) is 59.3 Å². The van der Waals surface area contributed by atoms with E-state index in [0.717, 1.165) is 6.07 Å². The SMILES string of the molecule is NC(=O)c1[c]ccc(N2CCN(C(=O)c3ccccc3C(F)(F)F)CC2)n1. The van der Waals surface area contributed by atoms with Crippen LogP contribution in [0.25, 0.3) is 0 Å². The average Bonchev–Trinajstić information content (AvgIpc) is 2.67. The second-order valence-corrected chi connectivity index (χ2v) is 5.98. The number of amides is 2. The molecular weight excluding hydrogens is 361 g/mol. The minimum Gasteiger partial charge on any atom is -0.364 e. The molecule has 141 valence electrons. The van der Waals surface area contributed by atoms with Crippen LogP contribution in [0.5, 0.6) is 0 Å². The predicted molar refractivity (Wildman–Crippen MR) is 91.2 cm³/mol. The number of nitrogens with two attached hydrogens (primary N) is 1. The molecule has 0 spiro atoms. The summed E-state index contributed by atoms with van der Waals surface area (Å²) in [6.07, 6.45) is -4.59. The van der Waals surface area contributed by atoms with Crippen LogP contribution < -0.4 is 10.6 Å². The van der Waals surface area contributed by atoms with Crippen LogP contribution in [0.1, 0.15) is 26.4 Å². The molecule has 2 aromatic rings. The molecule has 0 bridgehead atoms. The number of nitrogens with zero attached hydrogens (tertiary/aromatic N) is 3. The van der Waals surface area contributed by atoms with Gasteiger partial charge in [-0.25, -0.2) is 4.98 Å². The van der Waals surface area contributed by atoms with E-state index in [1.807, 2.05) is 4.90 Å². The lowest BCUT2D eigenvalue weighted by atomic mass is 10.1. The number of rotatable bonds is 3. The summed E-state index contributed by atoms with van der Waals surface area (Å²) in [4.78, 5) is 31.1. The van der Waals surface area contributed by atoms with E-state index >= 15 is 0 Å². The quantitative estimate of drug-likeness (QED) is 0.887. The maximum Gasteiger partial charge on any atom is 0.417 e. The highest BCUT2D eigenvalue weighted by Gasteiger charge is 2.36. The van der Waals surface area contributed by atoms with E-state index in [-0.39, 0.29) is 24.3 Å². The highest BCUT2D eigenvalue weighted by molar-refractivity contribution is 5.96. The average molecular weight is 377 g/mol. The molecule has 3 rings (SSSR count). The Morgan fingerprint density at radius 1 is 1.07 bits per heavy atom. The van der Waals surface area contributed by atoms with E-state index in [2.05, 4.69) is 11.1 Å². The number of alkyl halides is 3. The molecule has 0 saturated carbocycles. The maximum atomic E-state index is 13.1. The van der Waals surface area contributed by atoms with Gasteiger partial charge >= 0.3 is 6.18 Å². The molecular formula is C18H16F3N4O2. The maximum absolute atomic E-state index is 13.1. The Balaban J connectivity index is 1.72. The van der Waals surface area contributed by atoms with Crippen LogP contribution in [0.2, 0.25) is 0 Å². The van der Waals surface area contributed by atoms with E-state index in [4.69, 9.17) is 5.73 Å². The summed E-state index contributed by atoms with van der Waals surface area (Å²) in [6.45, 7) is 1.21. The van der Waals surface area contributed by atoms with Crippen LogP contribution in [0.4, 0.5) is 19.0 Å². The lowest BCUT2D eigenvalue weighted by molar-refractivity contribution is -0.138. The van der Waals surface area contributed by atoms with Crippen molar-refractivity contribution in [2.45, 2.75) is 6.18 Å². The summed E-state index contributed by atoms with van der Waals surface area (Å²) in [6, 6.07) is 10.6. The van der Waals surface area contributed by atoms with Gasteiger partial charge in [0.25, 0.3) is 11.8 Å². The van der Waals surface area contributed by atoms with Gasteiger partial charge < -0.3 is 15.5 Å². The predicted octanol–water partition coefficient (Wildman–Crippen LogP) is 1.96. The largest absolute Gasteiger partial charge is 0.417 e. The Bertz CT molecular complexity index is 862. The molecule has 6 nitrogen and oxygen atoms in total. The number of hydrogen-bond acceptors (Lipinski definition) is 4. The summed E-state index contributed by atoms with van der Waals surface area (Å²) in [5, 5.41) is 0. The normalized spacial score (nSPS) is 14.9. The van der Waals surface area contributed by atoms with E-state index in [1.54, 1.807) is 6.07 Å². The molecule has 9 heteroatoms. The van der Waals surface area contributed by atoms with Crippen LogP contribution in [0.15, 0.2) is 36.4 Å². The first kappa shape index (κ1) is 18.7. The number of benzene rings is 1. The van der Waals surface area contributed by atoms with Crippen molar-refractivity contribution >= 4 is 17.6 Å². The fraction of sp³-hybridized carbons (Fsp3) is 0.278. The highest BCUT2D eigenvalue weighted by atomic mass is 19.4. The number of anilines is 1. The standard InChI is InChI=1S/C18H16F3N4O2/c19-18(20,21)13-5-2-1-4-12(13)17(27)25-10-8-24(9-11-25)15-7-3-6-14(23-15)16(22)26/h1-5,7H,8-11H2,(H2,22,26). The van der Waals surface area contributed by atoms with E-state index < -0.39 is 23.6 Å². The summed E-state index contributed by atoms with van der Waals surface area (Å²) in [5.41, 5.74) is 3.90. The molecule has 2 amide bonds. The number of hydrogen-bond donors (Lipinski definition) is 1. The van der Waals surface area contributed by atoms with Gasteiger partial charge in [-0.3, -0.25) is 9.59 Å². The zero-order valence-electron chi connectivity index (χ0n) is 14.2. The number of carbonyl (C=O) groups excluding carboxylic acids is 2. The first-order chi connectivity index (χ1) is 12.8. The van der Waals surface area contributed by atoms with Crippen molar-refractivity contribution in [3.8, 4) is 0 Å². The third kappa shape index (κ3) is 4.02. The summed E-state index contributed by atoms with van der Waals surface area (Å²) in [5.74, 6) is -0.852. The van der Waals surface area contributed by atoms with Crippen molar-refractivity contribution in [2.75, 3.05) is 31.1 Å². The number of halogens is 3. The Morgan fingerprint density at radius 3 is 2.37 bits per heavy atom. The molecule has 27 heavy (non-hydrogen) atoms. The van der Waals surface area contributed by atoms with Gasteiger partial charge in [-0.2, -0.15) is 13.2 Å². The fourth-order valence-corrected chi connectivity index (χ4v) is 2.91. The summed E-state index contributed by atoms with van der Waals surface area (Å²) < 4.78 is 39.4. The molecule has 1 aliphatic heterocycles. The van der Waals surface area contributed by atoms with Gasteiger partial charge in [-0.05, 0) is 24.3 Å². The minimum atomic E-state index is -4.59. The molecule has 0 aliphatic carbocycles. The fourth-order valence-electron chi connectivity index (χ4n) is 2.91. The number of aromatic nitrogens is 1. The molecule has 1 aliphatic rings. The Morgan fingerprint density at radius 2 is 1.74 bits per heavy atom. The van der Waals surface area contributed by atoms with Crippen molar-refractivity contribution in [3.63, 3.8) is 0 Å². The Labute approximate surface area is 153 Å². The van der Waals surface area contributed by atoms with Crippen molar-refractivity contribution in [2.24, 2.45) is 5.73 Å². The number of piperazine rings is 1. The molecule has 1 aromatic carbocycles. The van der Waals surface area contributed by atoms with E-state index in [1.165, 1.54) is 29.2 Å². The molecule has 0 atom stereocenters. The van der Waals surface area contributed by atoms with Gasteiger partial charge in [0.1, 0.15) is 11.5 Å². The van der Waals surface area contributed by atoms with Crippen LogP contribution in [-0.2, 0) is 6.18 Å². The third-order valence-electron chi connectivity index (χ3n) is 4.27. The number of carbonyl (C=O) groups is 2. The van der Waals surface area contributed by atoms with Crippen molar-refractivity contribution in [1.29, 1.82) is 0 Å². The molecule has 1 fully saturated rings. The summed E-state index contributed by atoms with van der Waals surface area (Å²) in [7, 11) is 0. The molecule has 1 aromatic heterocycles. The van der Waals surface area contributed by atoms with Gasteiger partial charge in [-0.1, -0.05) is 12.1 Å². The zero-order chi connectivity index (χ0) is 19.6. The molecule has 1 radical (unpaired) electrons. The van der Waals surface area contributed by atoms with Gasteiger partial charge in [0.2, 0.25) is 0 Å². The van der Waals surface area contributed by atoms with Crippen LogP contribution in [0, 0.1) is 6.07 Å². The minimum absolute atomic E-state index is 0.00473. The molecule has 2 N–H and O–H groups in total. The molecule has 1 saturated heterocycles. The second-order valence-electron chi connectivity index (χ2n) is 5.98. The Kier molecular flexibility index (Phi) is 5.02. The first-order valence-electron chi connectivity index (χ1n) is 8.16. The number of primary amides is 1. The van der Waals surface area contributed by atoms with E-state index in [9.17, 15) is 22.8 Å². The lowest BCUT2D eigenvalue weighted by Gasteiger charge is -2.35. The number of pyridine rings is 1. The van der Waals surface area contributed by atoms with Crippen LogP contribution in [0.3, 0.4) is 0 Å². The van der Waals surface area contributed by atoms with Gasteiger partial charge in [0.05, 0.1) is 11.1 Å². The summed E-state index contributed by atoms with van der Waals surface area (Å²) >= 11 is 0. The van der Waals surface area contributed by atoms with Gasteiger partial charge in [0, 0.05) is 32.2 Å². The zero-order valence-corrected chi connectivity index (χ0v) is 14.2. The van der Waals surface area contributed by atoms with Gasteiger partial charge in [0.15, 0.2) is 0 Å². The monoisotopic (exact) mass is 377 g/mol. The van der Waals surface area contributed by atoms with E-state index in [0.29, 0.717) is 18.9 Å². The topological polar surface area (TPSA) is 79.5 Å². The Hall–Kier alpha value is -3.10. The smallest absolute Gasteiger partial charge is 0.364 e. The third-order valence-corrected chi connectivity index (χ3v) is 4.27. The van der Waals surface area contributed by atoms with Crippen LogP contribution in [-0.4, -0.2) is 47.9 Å². The van der Waals surface area contributed by atoms with Gasteiger partial charge in [-0.15, -0.1) is 0 Å². The molecule has 2 heterocycles. The lowest BCUT2D eigenvalue weighted by Crippen LogP contribution is -2.49. The van der Waals surface area contributed by atoms with Crippen molar-refractivity contribution in [1.82, 2.24) is 9.88 Å². The second kappa shape index (κ2) is 7.26.